The minimum atomic E-state index is -1.02. The van der Waals surface area contributed by atoms with Crippen molar-refractivity contribution in [1.29, 1.82) is 0 Å². The normalized spacial score (nSPS) is 30.8. The standard InChI is InChI=1S/C22H28F2O4/c23-19-11-8-17(13-20(19)24)22(25)26-18-9-6-16(7-10-18)15-4-1-14(2-5-15)3-12-21-27-28-21/h8,11,13-16,18,21H,1-7,9-10,12H2. The van der Waals surface area contributed by atoms with Crippen LogP contribution in [0.5, 0.6) is 0 Å². The second-order valence-electron chi connectivity index (χ2n) is 8.55. The molecular formula is C22H28F2O4. The third-order valence-electron chi connectivity index (χ3n) is 6.75. The predicted molar refractivity (Wildman–Crippen MR) is 98.2 cm³/mol. The summed E-state index contributed by atoms with van der Waals surface area (Å²) in [6, 6.07) is 3.14. The van der Waals surface area contributed by atoms with Gasteiger partial charge in [0.05, 0.1) is 5.56 Å². The van der Waals surface area contributed by atoms with Crippen LogP contribution < -0.4 is 0 Å². The zero-order valence-corrected chi connectivity index (χ0v) is 16.1. The van der Waals surface area contributed by atoms with Gasteiger partial charge >= 0.3 is 5.97 Å². The summed E-state index contributed by atoms with van der Waals surface area (Å²) in [6.45, 7) is 0. The van der Waals surface area contributed by atoms with Gasteiger partial charge in [0.15, 0.2) is 11.6 Å². The van der Waals surface area contributed by atoms with Gasteiger partial charge in [0.25, 0.3) is 0 Å². The highest BCUT2D eigenvalue weighted by molar-refractivity contribution is 5.89. The van der Waals surface area contributed by atoms with Crippen molar-refractivity contribution in [2.24, 2.45) is 17.8 Å². The van der Waals surface area contributed by atoms with Crippen molar-refractivity contribution in [1.82, 2.24) is 0 Å². The molecular weight excluding hydrogens is 366 g/mol. The average Bonchev–Trinajstić information content (AvgIpc) is 3.54. The summed E-state index contributed by atoms with van der Waals surface area (Å²) >= 11 is 0. The van der Waals surface area contributed by atoms with Crippen molar-refractivity contribution in [3.63, 3.8) is 0 Å². The Labute approximate surface area is 164 Å². The molecule has 4 rings (SSSR count). The molecule has 154 valence electrons. The SMILES string of the molecule is O=C(OC1CCC(C2CCC(CCC3OO3)CC2)CC1)c1ccc(F)c(F)c1. The fourth-order valence-corrected chi connectivity index (χ4v) is 4.98. The minimum Gasteiger partial charge on any atom is -0.459 e. The molecule has 1 aliphatic heterocycles. The molecule has 0 atom stereocenters. The van der Waals surface area contributed by atoms with E-state index >= 15 is 0 Å². The first kappa shape index (κ1) is 19.8. The summed E-state index contributed by atoms with van der Waals surface area (Å²) < 4.78 is 31.8. The van der Waals surface area contributed by atoms with E-state index in [9.17, 15) is 13.6 Å². The summed E-state index contributed by atoms with van der Waals surface area (Å²) in [7, 11) is 0. The molecule has 28 heavy (non-hydrogen) atoms. The van der Waals surface area contributed by atoms with Gasteiger partial charge in [0, 0.05) is 6.42 Å². The molecule has 1 saturated heterocycles. The number of carbonyl (C=O) groups excluding carboxylic acids is 1. The van der Waals surface area contributed by atoms with Gasteiger partial charge in [0.1, 0.15) is 6.10 Å². The highest BCUT2D eigenvalue weighted by Gasteiger charge is 2.33. The summed E-state index contributed by atoms with van der Waals surface area (Å²) in [6.07, 6.45) is 11.2. The molecule has 0 bridgehead atoms. The van der Waals surface area contributed by atoms with E-state index in [0.29, 0.717) is 5.92 Å². The Morgan fingerprint density at radius 2 is 1.54 bits per heavy atom. The Bertz CT molecular complexity index is 675. The fourth-order valence-electron chi connectivity index (χ4n) is 4.98. The Hall–Kier alpha value is -1.53. The Morgan fingerprint density at radius 1 is 0.893 bits per heavy atom. The van der Waals surface area contributed by atoms with Crippen LogP contribution in [0.2, 0.25) is 0 Å². The average molecular weight is 394 g/mol. The number of ether oxygens (including phenoxy) is 1. The molecule has 0 amide bonds. The fraction of sp³-hybridized carbons (Fsp3) is 0.682. The predicted octanol–water partition coefficient (Wildman–Crippen LogP) is 5.55. The van der Waals surface area contributed by atoms with Crippen LogP contribution in [0.25, 0.3) is 0 Å². The van der Waals surface area contributed by atoms with Gasteiger partial charge < -0.3 is 4.74 Å². The van der Waals surface area contributed by atoms with Crippen molar-refractivity contribution >= 4 is 5.97 Å². The topological polar surface area (TPSA) is 51.4 Å². The number of hydrogen-bond acceptors (Lipinski definition) is 4. The van der Waals surface area contributed by atoms with E-state index in [2.05, 4.69) is 0 Å². The van der Waals surface area contributed by atoms with Crippen LogP contribution in [0.15, 0.2) is 18.2 Å². The third kappa shape index (κ3) is 5.09. The van der Waals surface area contributed by atoms with Crippen LogP contribution in [0, 0.1) is 29.4 Å². The van der Waals surface area contributed by atoms with E-state index in [1.807, 2.05) is 0 Å². The Morgan fingerprint density at radius 3 is 2.14 bits per heavy atom. The van der Waals surface area contributed by atoms with Gasteiger partial charge in [0.2, 0.25) is 6.29 Å². The number of benzene rings is 1. The summed E-state index contributed by atoms with van der Waals surface area (Å²) in [5.41, 5.74) is 0.0707. The van der Waals surface area contributed by atoms with Crippen LogP contribution >= 0.6 is 0 Å². The number of halogens is 2. The first-order chi connectivity index (χ1) is 13.6. The lowest BCUT2D eigenvalue weighted by Crippen LogP contribution is -2.29. The molecule has 3 aliphatic rings. The van der Waals surface area contributed by atoms with Gasteiger partial charge in [-0.1, -0.05) is 12.8 Å². The highest BCUT2D eigenvalue weighted by atomic mass is 19.2. The molecule has 1 aromatic carbocycles. The van der Waals surface area contributed by atoms with Gasteiger partial charge in [-0.15, -0.1) is 0 Å². The van der Waals surface area contributed by atoms with E-state index in [-0.39, 0.29) is 18.0 Å². The molecule has 3 fully saturated rings. The maximum atomic E-state index is 13.3. The summed E-state index contributed by atoms with van der Waals surface area (Å²) in [4.78, 5) is 21.8. The largest absolute Gasteiger partial charge is 0.459 e. The smallest absolute Gasteiger partial charge is 0.338 e. The van der Waals surface area contributed by atoms with Crippen molar-refractivity contribution in [3.8, 4) is 0 Å². The van der Waals surface area contributed by atoms with Crippen LogP contribution in [0.1, 0.15) is 74.6 Å². The number of carbonyl (C=O) groups is 1. The lowest BCUT2D eigenvalue weighted by Gasteiger charge is -2.37. The second-order valence-corrected chi connectivity index (χ2v) is 8.55. The van der Waals surface area contributed by atoms with Gasteiger partial charge in [-0.25, -0.2) is 13.6 Å². The number of rotatable bonds is 6. The zero-order chi connectivity index (χ0) is 19.5. The quantitative estimate of drug-likeness (QED) is 0.360. The van der Waals surface area contributed by atoms with Crippen LogP contribution in [0.3, 0.4) is 0 Å². The number of hydrogen-bond donors (Lipinski definition) is 0. The van der Waals surface area contributed by atoms with Crippen molar-refractivity contribution < 1.29 is 28.1 Å². The van der Waals surface area contributed by atoms with Crippen molar-refractivity contribution in [2.75, 3.05) is 0 Å². The van der Waals surface area contributed by atoms with Crippen LogP contribution in [0.4, 0.5) is 8.78 Å². The molecule has 1 heterocycles. The molecule has 2 aliphatic carbocycles. The van der Waals surface area contributed by atoms with E-state index in [1.54, 1.807) is 0 Å². The highest BCUT2D eigenvalue weighted by Crippen LogP contribution is 2.42. The van der Waals surface area contributed by atoms with E-state index in [4.69, 9.17) is 14.5 Å². The Kier molecular flexibility index (Phi) is 6.26. The van der Waals surface area contributed by atoms with Crippen LogP contribution in [-0.2, 0) is 14.5 Å². The molecule has 2 saturated carbocycles. The lowest BCUT2D eigenvalue weighted by molar-refractivity contribution is 0.0108. The van der Waals surface area contributed by atoms with Crippen molar-refractivity contribution in [2.45, 2.75) is 76.6 Å². The maximum Gasteiger partial charge on any atom is 0.338 e. The van der Waals surface area contributed by atoms with Gasteiger partial charge in [-0.05, 0) is 80.9 Å². The Balaban J connectivity index is 1.18. The maximum absolute atomic E-state index is 13.3. The first-order valence-corrected chi connectivity index (χ1v) is 10.6. The molecule has 0 spiro atoms. The van der Waals surface area contributed by atoms with E-state index in [0.717, 1.165) is 56.1 Å². The molecule has 4 nitrogen and oxygen atoms in total. The number of esters is 1. The molecule has 6 heteroatoms. The first-order valence-electron chi connectivity index (χ1n) is 10.6. The molecule has 0 unspecified atom stereocenters. The summed E-state index contributed by atoms with van der Waals surface area (Å²) in [5.74, 6) is -0.238. The lowest BCUT2D eigenvalue weighted by atomic mass is 9.70. The summed E-state index contributed by atoms with van der Waals surface area (Å²) in [5, 5.41) is 0. The monoisotopic (exact) mass is 394 g/mol. The molecule has 0 radical (unpaired) electrons. The minimum absolute atomic E-state index is 0.0575. The van der Waals surface area contributed by atoms with Gasteiger partial charge in [-0.2, -0.15) is 9.78 Å². The van der Waals surface area contributed by atoms with E-state index < -0.39 is 17.6 Å². The zero-order valence-electron chi connectivity index (χ0n) is 16.1. The van der Waals surface area contributed by atoms with Crippen LogP contribution in [-0.4, -0.2) is 18.4 Å². The molecule has 0 aromatic heterocycles. The van der Waals surface area contributed by atoms with E-state index in [1.165, 1.54) is 38.2 Å². The third-order valence-corrected chi connectivity index (χ3v) is 6.75. The molecule has 1 aromatic rings. The molecule has 0 N–H and O–H groups in total. The van der Waals surface area contributed by atoms with Crippen molar-refractivity contribution in [3.05, 3.63) is 35.4 Å². The van der Waals surface area contributed by atoms with Gasteiger partial charge in [-0.3, -0.25) is 0 Å². The second kappa shape index (κ2) is 8.87.